The number of nitrogens with zero attached hydrogens (tertiary/aromatic N) is 3. The molecule has 0 unspecified atom stereocenters. The van der Waals surface area contributed by atoms with Crippen LogP contribution in [0.25, 0.3) is 11.0 Å². The standard InChI is InChI=1S/C17H19N5O2S2/c1-9-5-6-11-12(7-9)20-16(19-11)25-8-13(23)21-17-18-10(2)14(26-17)15(24)22(3)4/h5-7H,8H2,1-4H3,(H,19,20)(H,18,21,23). The van der Waals surface area contributed by atoms with Gasteiger partial charge in [0.1, 0.15) is 4.88 Å². The molecule has 0 aliphatic carbocycles. The van der Waals surface area contributed by atoms with E-state index in [1.807, 2.05) is 25.1 Å². The molecule has 0 atom stereocenters. The number of benzene rings is 1. The van der Waals surface area contributed by atoms with Crippen molar-refractivity contribution in [1.82, 2.24) is 19.9 Å². The summed E-state index contributed by atoms with van der Waals surface area (Å²) < 4.78 is 0. The number of rotatable bonds is 5. The molecule has 3 rings (SSSR count). The highest BCUT2D eigenvalue weighted by Crippen LogP contribution is 2.24. The Morgan fingerprint density at radius 1 is 1.27 bits per heavy atom. The van der Waals surface area contributed by atoms with Crippen LogP contribution in [0, 0.1) is 13.8 Å². The Kier molecular flexibility index (Phi) is 5.28. The van der Waals surface area contributed by atoms with Crippen molar-refractivity contribution in [3.8, 4) is 0 Å². The molecule has 26 heavy (non-hydrogen) atoms. The van der Waals surface area contributed by atoms with E-state index in [1.54, 1.807) is 21.0 Å². The SMILES string of the molecule is Cc1ccc2nc(SCC(=O)Nc3nc(C)c(C(=O)N(C)C)s3)[nH]c2c1. The number of aryl methyl sites for hydroxylation is 2. The van der Waals surface area contributed by atoms with Gasteiger partial charge in [0.2, 0.25) is 5.91 Å². The van der Waals surface area contributed by atoms with Gasteiger partial charge < -0.3 is 15.2 Å². The van der Waals surface area contributed by atoms with Crippen molar-refractivity contribution in [1.29, 1.82) is 0 Å². The second kappa shape index (κ2) is 7.46. The van der Waals surface area contributed by atoms with E-state index in [4.69, 9.17) is 0 Å². The maximum atomic E-state index is 12.2. The van der Waals surface area contributed by atoms with Crippen LogP contribution in [0.1, 0.15) is 20.9 Å². The van der Waals surface area contributed by atoms with E-state index in [2.05, 4.69) is 20.3 Å². The first kappa shape index (κ1) is 18.4. The Morgan fingerprint density at radius 3 is 2.77 bits per heavy atom. The van der Waals surface area contributed by atoms with Gasteiger partial charge in [0.05, 0.1) is 22.5 Å². The molecule has 7 nitrogen and oxygen atoms in total. The second-order valence-electron chi connectivity index (χ2n) is 6.03. The lowest BCUT2D eigenvalue weighted by Gasteiger charge is -2.07. The Balaban J connectivity index is 1.62. The number of hydrogen-bond acceptors (Lipinski definition) is 6. The molecule has 0 bridgehead atoms. The van der Waals surface area contributed by atoms with Crippen LogP contribution in [0.2, 0.25) is 0 Å². The van der Waals surface area contributed by atoms with Crippen LogP contribution in [0.3, 0.4) is 0 Å². The molecule has 2 aromatic heterocycles. The summed E-state index contributed by atoms with van der Waals surface area (Å²) in [6.07, 6.45) is 0. The summed E-state index contributed by atoms with van der Waals surface area (Å²) in [6, 6.07) is 5.97. The fourth-order valence-corrected chi connectivity index (χ4v) is 4.00. The predicted octanol–water partition coefficient (Wildman–Crippen LogP) is 3.07. The number of nitrogens with one attached hydrogen (secondary N) is 2. The minimum absolute atomic E-state index is 0.118. The monoisotopic (exact) mass is 389 g/mol. The third-order valence-electron chi connectivity index (χ3n) is 3.60. The predicted molar refractivity (Wildman–Crippen MR) is 105 cm³/mol. The van der Waals surface area contributed by atoms with E-state index in [0.29, 0.717) is 20.9 Å². The number of hydrogen-bond donors (Lipinski definition) is 2. The first-order chi connectivity index (χ1) is 12.3. The van der Waals surface area contributed by atoms with Gasteiger partial charge in [0.25, 0.3) is 5.91 Å². The van der Waals surface area contributed by atoms with Gasteiger partial charge in [-0.2, -0.15) is 0 Å². The van der Waals surface area contributed by atoms with Crippen molar-refractivity contribution in [2.45, 2.75) is 19.0 Å². The van der Waals surface area contributed by atoms with E-state index in [-0.39, 0.29) is 17.6 Å². The summed E-state index contributed by atoms with van der Waals surface area (Å²) >= 11 is 2.51. The molecule has 0 saturated carbocycles. The number of anilines is 1. The number of thiazole rings is 1. The third kappa shape index (κ3) is 4.05. The zero-order valence-electron chi connectivity index (χ0n) is 14.9. The highest BCUT2D eigenvalue weighted by atomic mass is 32.2. The van der Waals surface area contributed by atoms with Crippen molar-refractivity contribution < 1.29 is 9.59 Å². The van der Waals surface area contributed by atoms with Crippen LogP contribution >= 0.6 is 23.1 Å². The van der Waals surface area contributed by atoms with E-state index in [1.165, 1.54) is 28.0 Å². The van der Waals surface area contributed by atoms with E-state index < -0.39 is 0 Å². The molecule has 0 radical (unpaired) electrons. The van der Waals surface area contributed by atoms with Crippen LogP contribution in [0.5, 0.6) is 0 Å². The fraction of sp³-hybridized carbons (Fsp3) is 0.294. The first-order valence-electron chi connectivity index (χ1n) is 7.91. The first-order valence-corrected chi connectivity index (χ1v) is 9.72. The molecule has 1 aromatic carbocycles. The maximum absolute atomic E-state index is 12.2. The molecule has 9 heteroatoms. The lowest BCUT2D eigenvalue weighted by Crippen LogP contribution is -2.21. The molecule has 0 aliphatic heterocycles. The highest BCUT2D eigenvalue weighted by molar-refractivity contribution is 7.99. The summed E-state index contributed by atoms with van der Waals surface area (Å²) in [7, 11) is 3.37. The van der Waals surface area contributed by atoms with E-state index >= 15 is 0 Å². The largest absolute Gasteiger partial charge is 0.344 e. The molecule has 0 aliphatic rings. The van der Waals surface area contributed by atoms with Gasteiger partial charge in [-0.1, -0.05) is 29.2 Å². The Morgan fingerprint density at radius 2 is 2.04 bits per heavy atom. The lowest BCUT2D eigenvalue weighted by atomic mass is 10.2. The van der Waals surface area contributed by atoms with Gasteiger partial charge in [-0.15, -0.1) is 0 Å². The van der Waals surface area contributed by atoms with Crippen molar-refractivity contribution in [2.24, 2.45) is 0 Å². The number of aromatic nitrogens is 3. The van der Waals surface area contributed by atoms with Gasteiger partial charge in [-0.25, -0.2) is 9.97 Å². The molecule has 0 fully saturated rings. The quantitative estimate of drug-likeness (QED) is 0.655. The maximum Gasteiger partial charge on any atom is 0.265 e. The molecule has 2 amide bonds. The third-order valence-corrected chi connectivity index (χ3v) is 5.53. The van der Waals surface area contributed by atoms with Gasteiger partial charge in [0, 0.05) is 14.1 Å². The molecule has 136 valence electrons. The number of amides is 2. The second-order valence-corrected chi connectivity index (χ2v) is 8.00. The lowest BCUT2D eigenvalue weighted by molar-refractivity contribution is -0.113. The number of aromatic amines is 1. The summed E-state index contributed by atoms with van der Waals surface area (Å²) in [6.45, 7) is 3.78. The average molecular weight is 390 g/mol. The Bertz CT molecular complexity index is 977. The van der Waals surface area contributed by atoms with Gasteiger partial charge >= 0.3 is 0 Å². The number of carbonyl (C=O) groups is 2. The smallest absolute Gasteiger partial charge is 0.265 e. The average Bonchev–Trinajstić information content (AvgIpc) is 3.14. The number of H-pyrrole nitrogens is 1. The van der Waals surface area contributed by atoms with E-state index in [9.17, 15) is 9.59 Å². The summed E-state index contributed by atoms with van der Waals surface area (Å²) in [4.78, 5) is 38.2. The normalized spacial score (nSPS) is 10.9. The summed E-state index contributed by atoms with van der Waals surface area (Å²) in [5.41, 5.74) is 3.60. The number of imidazole rings is 1. The zero-order chi connectivity index (χ0) is 18.8. The molecule has 0 saturated heterocycles. The number of thioether (sulfide) groups is 1. The molecule has 3 aromatic rings. The molecule has 2 heterocycles. The Labute approximate surface area is 159 Å². The zero-order valence-corrected chi connectivity index (χ0v) is 16.5. The Hall–Kier alpha value is -2.39. The van der Waals surface area contributed by atoms with E-state index in [0.717, 1.165) is 16.6 Å². The minimum Gasteiger partial charge on any atom is -0.344 e. The fourth-order valence-electron chi connectivity index (χ4n) is 2.31. The number of carbonyl (C=O) groups excluding carboxylic acids is 2. The molecule has 0 spiro atoms. The molecule has 2 N–H and O–H groups in total. The summed E-state index contributed by atoms with van der Waals surface area (Å²) in [5.74, 6) is -0.106. The van der Waals surface area contributed by atoms with Crippen molar-refractivity contribution in [2.75, 3.05) is 25.2 Å². The van der Waals surface area contributed by atoms with Gasteiger partial charge in [-0.05, 0) is 31.5 Å². The summed E-state index contributed by atoms with van der Waals surface area (Å²) in [5, 5.41) is 3.87. The van der Waals surface area contributed by atoms with Crippen LogP contribution in [-0.4, -0.2) is 51.5 Å². The van der Waals surface area contributed by atoms with Crippen LogP contribution in [-0.2, 0) is 4.79 Å². The molecular formula is C17H19N5O2S2. The van der Waals surface area contributed by atoms with Crippen LogP contribution < -0.4 is 5.32 Å². The highest BCUT2D eigenvalue weighted by Gasteiger charge is 2.18. The van der Waals surface area contributed by atoms with Crippen molar-refractivity contribution >= 4 is 51.1 Å². The van der Waals surface area contributed by atoms with Gasteiger partial charge in [-0.3, -0.25) is 9.59 Å². The van der Waals surface area contributed by atoms with Crippen LogP contribution in [0.15, 0.2) is 23.4 Å². The molecular weight excluding hydrogens is 370 g/mol. The van der Waals surface area contributed by atoms with Crippen LogP contribution in [0.4, 0.5) is 5.13 Å². The van der Waals surface area contributed by atoms with Crippen molar-refractivity contribution in [3.63, 3.8) is 0 Å². The number of fused-ring (bicyclic) bond motifs is 1. The topological polar surface area (TPSA) is 91.0 Å². The van der Waals surface area contributed by atoms with Crippen molar-refractivity contribution in [3.05, 3.63) is 34.3 Å². The minimum atomic E-state index is -0.191. The van der Waals surface area contributed by atoms with Gasteiger partial charge in [0.15, 0.2) is 10.3 Å².